The largest absolute Gasteiger partial charge is 0.0654 e. The fourth-order valence-corrected chi connectivity index (χ4v) is 5.85. The monoisotopic (exact) mass is 565 g/mol. The van der Waals surface area contributed by atoms with Crippen LogP contribution in [-0.4, -0.2) is 0 Å². The molecular weight excluding hydrogens is 480 g/mol. The normalized spacial score (nSPS) is 11.4. The van der Waals surface area contributed by atoms with E-state index in [2.05, 4.69) is 41.5 Å². The Morgan fingerprint density at radius 1 is 0.225 bits per heavy atom. The lowest BCUT2D eigenvalue weighted by atomic mass is 10.0. The van der Waals surface area contributed by atoms with E-state index in [-0.39, 0.29) is 0 Å². The minimum Gasteiger partial charge on any atom is -0.0654 e. The van der Waals surface area contributed by atoms with E-state index in [4.69, 9.17) is 0 Å². The summed E-state index contributed by atoms with van der Waals surface area (Å²) in [6.45, 7) is 13.9. The van der Waals surface area contributed by atoms with Crippen LogP contribution in [0.5, 0.6) is 0 Å². The lowest BCUT2D eigenvalue weighted by Crippen LogP contribution is -1.87. The minimum atomic E-state index is 0.900. The van der Waals surface area contributed by atoms with Gasteiger partial charge in [0.05, 0.1) is 0 Å². The van der Waals surface area contributed by atoms with Gasteiger partial charge in [-0.25, -0.2) is 0 Å². The highest BCUT2D eigenvalue weighted by atomic mass is 14.0. The predicted octanol–water partition coefficient (Wildman–Crippen LogP) is 15.8. The van der Waals surface area contributed by atoms with Crippen LogP contribution in [0.3, 0.4) is 0 Å². The van der Waals surface area contributed by atoms with Gasteiger partial charge < -0.3 is 0 Å². The molecule has 0 amide bonds. The zero-order valence-electron chi connectivity index (χ0n) is 29.8. The molecule has 40 heavy (non-hydrogen) atoms. The Bertz CT molecular complexity index is 357. The van der Waals surface area contributed by atoms with Crippen LogP contribution in [0.4, 0.5) is 0 Å². The van der Waals surface area contributed by atoms with Crippen LogP contribution in [0.1, 0.15) is 247 Å². The molecule has 0 saturated carbocycles. The molecule has 0 aliphatic rings. The average Bonchev–Trinajstić information content (AvgIpc) is 2.93. The topological polar surface area (TPSA) is 0 Å². The van der Waals surface area contributed by atoms with Gasteiger partial charge >= 0.3 is 0 Å². The third-order valence-corrected chi connectivity index (χ3v) is 8.77. The Kier molecular flexibility index (Phi) is 41.1. The molecule has 0 rings (SSSR count). The first-order valence-electron chi connectivity index (χ1n) is 19.5. The van der Waals surface area contributed by atoms with Gasteiger partial charge in [0.25, 0.3) is 0 Å². The molecule has 0 aliphatic carbocycles. The summed E-state index contributed by atoms with van der Waals surface area (Å²) in [7, 11) is 0. The lowest BCUT2D eigenvalue weighted by Gasteiger charge is -2.05. The quantitative estimate of drug-likeness (QED) is 0.0713. The first kappa shape index (κ1) is 42.1. The summed E-state index contributed by atoms with van der Waals surface area (Å²) in [6.07, 6.45) is 46.9. The van der Waals surface area contributed by atoms with Gasteiger partial charge in [-0.05, 0) is 11.8 Å². The van der Waals surface area contributed by atoms with E-state index < -0.39 is 0 Å². The van der Waals surface area contributed by atoms with Crippen LogP contribution in [-0.2, 0) is 0 Å². The Labute approximate surface area is 258 Å². The number of hydrogen-bond acceptors (Lipinski definition) is 0. The van der Waals surface area contributed by atoms with Gasteiger partial charge in [0.15, 0.2) is 0 Å². The van der Waals surface area contributed by atoms with Crippen molar-refractivity contribution in [1.29, 1.82) is 0 Å². The van der Waals surface area contributed by atoms with Crippen LogP contribution in [0.15, 0.2) is 0 Å². The summed E-state index contributed by atoms with van der Waals surface area (Å²) in [6, 6.07) is 0. The molecule has 0 saturated heterocycles. The second kappa shape index (κ2) is 39.0. The fraction of sp³-hybridized carbons (Fsp3) is 1.00. The van der Waals surface area contributed by atoms with Gasteiger partial charge in [-0.15, -0.1) is 0 Å². The van der Waals surface area contributed by atoms with Gasteiger partial charge in [-0.3, -0.25) is 0 Å². The van der Waals surface area contributed by atoms with Crippen molar-refractivity contribution >= 4 is 0 Å². The van der Waals surface area contributed by atoms with Crippen molar-refractivity contribution in [2.75, 3.05) is 0 Å². The van der Waals surface area contributed by atoms with Crippen molar-refractivity contribution in [1.82, 2.24) is 0 Å². The summed E-state index contributed by atoms with van der Waals surface area (Å²) in [5.74, 6) is 1.80. The summed E-state index contributed by atoms with van der Waals surface area (Å²) in [5, 5.41) is 0. The van der Waals surface area contributed by atoms with Gasteiger partial charge in [0, 0.05) is 0 Å². The molecule has 0 aromatic rings. The predicted molar refractivity (Wildman–Crippen MR) is 189 cm³/mol. The van der Waals surface area contributed by atoms with Crippen molar-refractivity contribution in [3.8, 4) is 0 Å². The number of unbranched alkanes of at least 4 members (excludes halogenated alkanes) is 28. The third-order valence-electron chi connectivity index (χ3n) is 8.77. The van der Waals surface area contributed by atoms with Crippen molar-refractivity contribution in [3.63, 3.8) is 0 Å². The standard InChI is InChI=1S/2C20H42/c2*1-4-5-6-7-8-9-10-11-12-13-14-15-16-17-18-19-20(2)3/h2*20H,4-19H2,1-3H3. The van der Waals surface area contributed by atoms with Crippen molar-refractivity contribution in [2.45, 2.75) is 247 Å². The second-order valence-corrected chi connectivity index (χ2v) is 14.3. The zero-order valence-corrected chi connectivity index (χ0v) is 29.8. The molecule has 0 fully saturated rings. The maximum absolute atomic E-state index is 2.34. The van der Waals surface area contributed by atoms with Crippen LogP contribution >= 0.6 is 0 Å². The first-order chi connectivity index (χ1) is 19.5. The summed E-state index contributed by atoms with van der Waals surface area (Å²) < 4.78 is 0. The SMILES string of the molecule is CCCCCCCCCCCCCCCCCC(C)C.CCCCCCCCCCCCCCCCCC(C)C. The molecule has 0 unspecified atom stereocenters. The smallest absolute Gasteiger partial charge is 0.0471 e. The fourth-order valence-electron chi connectivity index (χ4n) is 5.85. The molecule has 0 N–H and O–H groups in total. The van der Waals surface area contributed by atoms with Crippen LogP contribution in [0, 0.1) is 11.8 Å². The number of hydrogen-bond donors (Lipinski definition) is 0. The van der Waals surface area contributed by atoms with Gasteiger partial charge in [0.2, 0.25) is 0 Å². The highest BCUT2D eigenvalue weighted by Crippen LogP contribution is 2.16. The average molecular weight is 565 g/mol. The van der Waals surface area contributed by atoms with E-state index in [1.807, 2.05) is 0 Å². The van der Waals surface area contributed by atoms with E-state index in [1.165, 1.54) is 205 Å². The van der Waals surface area contributed by atoms with Crippen molar-refractivity contribution in [3.05, 3.63) is 0 Å². The Morgan fingerprint density at radius 3 is 0.525 bits per heavy atom. The molecule has 244 valence electrons. The molecule has 0 aromatic carbocycles. The molecule has 0 atom stereocenters. The van der Waals surface area contributed by atoms with Gasteiger partial charge in [-0.2, -0.15) is 0 Å². The van der Waals surface area contributed by atoms with E-state index >= 15 is 0 Å². The maximum atomic E-state index is 2.34. The van der Waals surface area contributed by atoms with E-state index in [0.717, 1.165) is 11.8 Å². The first-order valence-corrected chi connectivity index (χ1v) is 19.5. The molecule has 0 aliphatic heterocycles. The van der Waals surface area contributed by atoms with Crippen LogP contribution in [0.25, 0.3) is 0 Å². The summed E-state index contributed by atoms with van der Waals surface area (Å²) >= 11 is 0. The Balaban J connectivity index is 0. The van der Waals surface area contributed by atoms with Crippen LogP contribution < -0.4 is 0 Å². The second-order valence-electron chi connectivity index (χ2n) is 14.3. The van der Waals surface area contributed by atoms with Crippen LogP contribution in [0.2, 0.25) is 0 Å². The Hall–Kier alpha value is 0. The molecular formula is C40H84. The van der Waals surface area contributed by atoms with Gasteiger partial charge in [0.1, 0.15) is 0 Å². The maximum Gasteiger partial charge on any atom is -0.0471 e. The summed E-state index contributed by atoms with van der Waals surface area (Å²) in [4.78, 5) is 0. The summed E-state index contributed by atoms with van der Waals surface area (Å²) in [5.41, 5.74) is 0. The lowest BCUT2D eigenvalue weighted by molar-refractivity contribution is 0.502. The minimum absolute atomic E-state index is 0.900. The molecule has 0 aromatic heterocycles. The molecule has 0 bridgehead atoms. The molecule has 0 nitrogen and oxygen atoms in total. The molecule has 0 radical (unpaired) electrons. The van der Waals surface area contributed by atoms with Crippen molar-refractivity contribution < 1.29 is 0 Å². The highest BCUT2D eigenvalue weighted by Gasteiger charge is 1.97. The third kappa shape index (κ3) is 45.0. The molecule has 0 spiro atoms. The van der Waals surface area contributed by atoms with E-state index in [1.54, 1.807) is 0 Å². The number of rotatable bonds is 32. The van der Waals surface area contributed by atoms with Gasteiger partial charge in [-0.1, -0.05) is 247 Å². The van der Waals surface area contributed by atoms with E-state index in [9.17, 15) is 0 Å². The van der Waals surface area contributed by atoms with E-state index in [0.29, 0.717) is 0 Å². The molecule has 0 heteroatoms. The molecule has 0 heterocycles. The highest BCUT2D eigenvalue weighted by molar-refractivity contribution is 4.52. The van der Waals surface area contributed by atoms with Crippen molar-refractivity contribution in [2.24, 2.45) is 11.8 Å². The zero-order chi connectivity index (χ0) is 29.8. The Morgan fingerprint density at radius 2 is 0.375 bits per heavy atom.